The van der Waals surface area contributed by atoms with Crippen LogP contribution in [0.1, 0.15) is 69.9 Å². The Bertz CT molecular complexity index is 746. The first-order chi connectivity index (χ1) is 15.0. The number of nitrogens with zero attached hydrogens (tertiary/aromatic N) is 1. The smallest absolute Gasteiger partial charge is 0.320 e. The molecular weight excluding hydrogens is 410 g/mol. The van der Waals surface area contributed by atoms with Crippen LogP contribution in [-0.4, -0.2) is 37.2 Å². The van der Waals surface area contributed by atoms with E-state index in [0.29, 0.717) is 24.8 Å². The Hall–Kier alpha value is -1.88. The molecule has 0 N–H and O–H groups in total. The predicted octanol–water partition coefficient (Wildman–Crippen LogP) is 6.77. The summed E-state index contributed by atoms with van der Waals surface area (Å²) in [7, 11) is 0. The molecule has 2 atom stereocenters. The minimum Gasteiger partial charge on any atom is -0.465 e. The van der Waals surface area contributed by atoms with Gasteiger partial charge in [-0.2, -0.15) is 0 Å². The topological polar surface area (TPSA) is 38.8 Å². The van der Waals surface area contributed by atoms with Gasteiger partial charge in [0.2, 0.25) is 0 Å². The zero-order chi connectivity index (χ0) is 23.2. The number of aryl methyl sites for hydroxylation is 1. The van der Waals surface area contributed by atoms with Crippen LogP contribution in [0.2, 0.25) is 5.02 Å². The van der Waals surface area contributed by atoms with Crippen LogP contribution in [0, 0.1) is 6.92 Å². The van der Waals surface area contributed by atoms with E-state index in [0.717, 1.165) is 11.1 Å². The number of esters is 1. The molecule has 1 fully saturated rings. The summed E-state index contributed by atoms with van der Waals surface area (Å²) < 4.78 is 11.3. The molecule has 0 aliphatic carbocycles. The number of morpholine rings is 1. The van der Waals surface area contributed by atoms with Gasteiger partial charge in [0.1, 0.15) is 6.10 Å². The number of hydrogen-bond donors (Lipinski definition) is 0. The first-order valence-corrected chi connectivity index (χ1v) is 11.7. The Balaban J connectivity index is 0.000000884. The first kappa shape index (κ1) is 27.2. The van der Waals surface area contributed by atoms with Crippen LogP contribution in [0.25, 0.3) is 0 Å². The molecule has 0 spiro atoms. The Labute approximate surface area is 193 Å². The SMILES string of the molecule is CC.CCC.CCOC(=O)CN1CCOC(c2ccc(C)cc2)C1c1ccc(Cl)cc1. The normalized spacial score (nSPS) is 18.2. The Morgan fingerprint density at radius 2 is 1.58 bits per heavy atom. The predicted molar refractivity (Wildman–Crippen MR) is 130 cm³/mol. The highest BCUT2D eigenvalue weighted by Crippen LogP contribution is 2.39. The lowest BCUT2D eigenvalue weighted by atomic mass is 9.92. The van der Waals surface area contributed by atoms with E-state index in [2.05, 4.69) is 49.9 Å². The third-order valence-electron chi connectivity index (χ3n) is 4.61. The second kappa shape index (κ2) is 15.0. The highest BCUT2D eigenvalue weighted by Gasteiger charge is 2.35. The standard InChI is InChI=1S/C21H24ClNO3.C3H8.C2H6/c1-3-25-19(24)14-23-12-13-26-21(17-6-4-15(2)5-7-17)20(23)16-8-10-18(22)11-9-16;1-3-2;1-2/h4-11,20-21H,3,12-14H2,1-2H3;3H2,1-2H3;1-2H3. The van der Waals surface area contributed by atoms with Crippen LogP contribution in [-0.2, 0) is 14.3 Å². The van der Waals surface area contributed by atoms with Gasteiger partial charge in [-0.1, -0.05) is 87.7 Å². The van der Waals surface area contributed by atoms with Crippen LogP contribution in [0.5, 0.6) is 0 Å². The molecule has 0 saturated carbocycles. The summed E-state index contributed by atoms with van der Waals surface area (Å²) in [4.78, 5) is 14.2. The number of hydrogen-bond acceptors (Lipinski definition) is 4. The van der Waals surface area contributed by atoms with Crippen molar-refractivity contribution < 1.29 is 14.3 Å². The number of halogens is 1. The van der Waals surface area contributed by atoms with Gasteiger partial charge in [-0.25, -0.2) is 0 Å². The molecule has 0 radical (unpaired) electrons. The van der Waals surface area contributed by atoms with Crippen molar-refractivity contribution >= 4 is 17.6 Å². The van der Waals surface area contributed by atoms with Gasteiger partial charge in [0.25, 0.3) is 0 Å². The van der Waals surface area contributed by atoms with Crippen molar-refractivity contribution in [3.63, 3.8) is 0 Å². The summed E-state index contributed by atoms with van der Waals surface area (Å²) in [6.45, 7) is 14.0. The largest absolute Gasteiger partial charge is 0.465 e. The third-order valence-corrected chi connectivity index (χ3v) is 4.86. The second-order valence-electron chi connectivity index (χ2n) is 7.18. The van der Waals surface area contributed by atoms with Gasteiger partial charge >= 0.3 is 5.97 Å². The molecule has 1 heterocycles. The summed E-state index contributed by atoms with van der Waals surface area (Å²) in [5.74, 6) is -0.212. The fraction of sp³-hybridized carbons (Fsp3) is 0.500. The number of carbonyl (C=O) groups is 1. The van der Waals surface area contributed by atoms with Crippen molar-refractivity contribution in [1.82, 2.24) is 4.90 Å². The molecule has 172 valence electrons. The van der Waals surface area contributed by atoms with Crippen molar-refractivity contribution in [3.05, 3.63) is 70.2 Å². The van der Waals surface area contributed by atoms with Crippen molar-refractivity contribution in [2.45, 2.75) is 60.1 Å². The van der Waals surface area contributed by atoms with Crippen molar-refractivity contribution in [1.29, 1.82) is 0 Å². The molecule has 0 bridgehead atoms. The van der Waals surface area contributed by atoms with Crippen LogP contribution in [0.15, 0.2) is 48.5 Å². The van der Waals surface area contributed by atoms with Gasteiger partial charge in [-0.05, 0) is 37.1 Å². The lowest BCUT2D eigenvalue weighted by molar-refractivity contribution is -0.149. The third kappa shape index (κ3) is 8.64. The van der Waals surface area contributed by atoms with Gasteiger partial charge in [0.15, 0.2) is 0 Å². The lowest BCUT2D eigenvalue weighted by Crippen LogP contribution is -2.44. The minimum absolute atomic E-state index is 0.0758. The molecule has 2 aromatic rings. The van der Waals surface area contributed by atoms with E-state index in [1.165, 1.54) is 12.0 Å². The second-order valence-corrected chi connectivity index (χ2v) is 7.62. The minimum atomic E-state index is -0.212. The van der Waals surface area contributed by atoms with E-state index in [9.17, 15) is 4.79 Å². The van der Waals surface area contributed by atoms with E-state index < -0.39 is 0 Å². The van der Waals surface area contributed by atoms with E-state index in [1.807, 2.05) is 45.0 Å². The van der Waals surface area contributed by atoms with E-state index in [1.54, 1.807) is 0 Å². The Morgan fingerprint density at radius 1 is 1.03 bits per heavy atom. The summed E-state index contributed by atoms with van der Waals surface area (Å²) in [5, 5.41) is 0.689. The molecule has 2 aromatic carbocycles. The fourth-order valence-corrected chi connectivity index (χ4v) is 3.47. The molecule has 31 heavy (non-hydrogen) atoms. The number of rotatable bonds is 5. The zero-order valence-corrected chi connectivity index (χ0v) is 20.6. The van der Waals surface area contributed by atoms with Crippen molar-refractivity contribution in [2.75, 3.05) is 26.3 Å². The number of ether oxygens (including phenoxy) is 2. The number of carbonyl (C=O) groups excluding carboxylic acids is 1. The molecule has 4 nitrogen and oxygen atoms in total. The molecular formula is C26H38ClNO3. The summed E-state index contributed by atoms with van der Waals surface area (Å²) in [5.41, 5.74) is 3.38. The van der Waals surface area contributed by atoms with E-state index in [-0.39, 0.29) is 24.7 Å². The average Bonchev–Trinajstić information content (AvgIpc) is 2.77. The zero-order valence-electron chi connectivity index (χ0n) is 19.9. The maximum Gasteiger partial charge on any atom is 0.320 e. The summed E-state index contributed by atoms with van der Waals surface area (Å²) >= 11 is 6.06. The highest BCUT2D eigenvalue weighted by atomic mass is 35.5. The van der Waals surface area contributed by atoms with Gasteiger partial charge < -0.3 is 9.47 Å². The highest BCUT2D eigenvalue weighted by molar-refractivity contribution is 6.30. The molecule has 1 saturated heterocycles. The number of benzene rings is 2. The molecule has 0 amide bonds. The van der Waals surface area contributed by atoms with Gasteiger partial charge in [0.05, 0.1) is 25.8 Å². The monoisotopic (exact) mass is 447 g/mol. The van der Waals surface area contributed by atoms with Crippen molar-refractivity contribution in [2.24, 2.45) is 0 Å². The average molecular weight is 448 g/mol. The molecule has 2 unspecified atom stereocenters. The molecule has 1 aliphatic rings. The van der Waals surface area contributed by atoms with Crippen LogP contribution < -0.4 is 0 Å². The maximum atomic E-state index is 12.1. The first-order valence-electron chi connectivity index (χ1n) is 11.3. The molecule has 1 aliphatic heterocycles. The van der Waals surface area contributed by atoms with Gasteiger partial charge in [0, 0.05) is 11.6 Å². The van der Waals surface area contributed by atoms with Crippen LogP contribution >= 0.6 is 11.6 Å². The van der Waals surface area contributed by atoms with Crippen molar-refractivity contribution in [3.8, 4) is 0 Å². The summed E-state index contributed by atoms with van der Waals surface area (Å²) in [6, 6.07) is 16.0. The van der Waals surface area contributed by atoms with E-state index in [4.69, 9.17) is 21.1 Å². The maximum absolute atomic E-state index is 12.1. The Morgan fingerprint density at radius 3 is 2.13 bits per heavy atom. The lowest BCUT2D eigenvalue weighted by Gasteiger charge is -2.41. The van der Waals surface area contributed by atoms with E-state index >= 15 is 0 Å². The van der Waals surface area contributed by atoms with Gasteiger partial charge in [-0.3, -0.25) is 9.69 Å². The summed E-state index contributed by atoms with van der Waals surface area (Å²) in [6.07, 6.45) is 1.10. The fourth-order valence-electron chi connectivity index (χ4n) is 3.35. The molecule has 5 heteroatoms. The Kier molecular flexibility index (Phi) is 13.1. The van der Waals surface area contributed by atoms with Gasteiger partial charge in [-0.15, -0.1) is 0 Å². The quantitative estimate of drug-likeness (QED) is 0.474. The van der Waals surface area contributed by atoms with Crippen LogP contribution in [0.3, 0.4) is 0 Å². The molecule has 0 aromatic heterocycles. The molecule has 3 rings (SSSR count). The van der Waals surface area contributed by atoms with Crippen LogP contribution in [0.4, 0.5) is 0 Å².